The molecule has 1 aliphatic heterocycles. The van der Waals surface area contributed by atoms with Crippen molar-refractivity contribution in [3.63, 3.8) is 0 Å². The third-order valence-corrected chi connectivity index (χ3v) is 5.79. The first kappa shape index (κ1) is 22.9. The van der Waals surface area contributed by atoms with Crippen LogP contribution in [0.1, 0.15) is 53.9 Å². The summed E-state index contributed by atoms with van der Waals surface area (Å²) in [6, 6.07) is 6.47. The molecular weight excluding hydrogens is 395 g/mol. The Morgan fingerprint density at radius 2 is 2.00 bits per heavy atom. The summed E-state index contributed by atoms with van der Waals surface area (Å²) in [5, 5.41) is 2.82. The molecule has 0 spiro atoms. The van der Waals surface area contributed by atoms with Gasteiger partial charge in [-0.25, -0.2) is 4.39 Å². The van der Waals surface area contributed by atoms with Gasteiger partial charge in [0.25, 0.3) is 5.91 Å². The molecule has 1 fully saturated rings. The number of carbonyl (C=O) groups excluding carboxylic acids is 2. The molecule has 2 heterocycles. The van der Waals surface area contributed by atoms with E-state index in [0.29, 0.717) is 30.8 Å². The largest absolute Gasteiger partial charge is 0.337 e. The molecule has 1 N–H and O–H groups in total. The van der Waals surface area contributed by atoms with Gasteiger partial charge >= 0.3 is 0 Å². The quantitative estimate of drug-likeness (QED) is 0.760. The summed E-state index contributed by atoms with van der Waals surface area (Å²) < 4.78 is 14.4. The zero-order valence-electron chi connectivity index (χ0n) is 18.7. The average molecular weight is 427 g/mol. The highest BCUT2D eigenvalue weighted by Crippen LogP contribution is 2.24. The van der Waals surface area contributed by atoms with Gasteiger partial charge in [-0.1, -0.05) is 6.92 Å². The number of pyridine rings is 1. The van der Waals surface area contributed by atoms with Crippen molar-refractivity contribution in [3.8, 4) is 0 Å². The van der Waals surface area contributed by atoms with E-state index in [2.05, 4.69) is 22.1 Å². The van der Waals surface area contributed by atoms with Crippen molar-refractivity contribution in [1.82, 2.24) is 14.8 Å². The van der Waals surface area contributed by atoms with Crippen molar-refractivity contribution in [2.24, 2.45) is 0 Å². The Morgan fingerprint density at radius 1 is 1.23 bits per heavy atom. The van der Waals surface area contributed by atoms with E-state index in [9.17, 15) is 14.0 Å². The number of carbonyl (C=O) groups is 2. The second kappa shape index (κ2) is 10.0. The molecule has 1 saturated heterocycles. The highest BCUT2D eigenvalue weighted by atomic mass is 19.1. The third-order valence-electron chi connectivity index (χ3n) is 5.79. The van der Waals surface area contributed by atoms with E-state index >= 15 is 0 Å². The fourth-order valence-electron chi connectivity index (χ4n) is 3.97. The molecule has 1 aromatic carbocycles. The Balaban J connectivity index is 1.70. The second-order valence-corrected chi connectivity index (χ2v) is 8.30. The monoisotopic (exact) mass is 426 g/mol. The smallest absolute Gasteiger partial charge is 0.257 e. The Labute approximate surface area is 183 Å². The maximum absolute atomic E-state index is 14.4. The van der Waals surface area contributed by atoms with E-state index in [0.717, 1.165) is 36.3 Å². The fourth-order valence-corrected chi connectivity index (χ4v) is 3.97. The van der Waals surface area contributed by atoms with Crippen LogP contribution < -0.4 is 5.32 Å². The van der Waals surface area contributed by atoms with Crippen LogP contribution in [0.15, 0.2) is 30.5 Å². The van der Waals surface area contributed by atoms with E-state index in [1.54, 1.807) is 12.1 Å². The van der Waals surface area contributed by atoms with Gasteiger partial charge < -0.3 is 10.2 Å². The summed E-state index contributed by atoms with van der Waals surface area (Å²) in [5.74, 6) is -0.501. The maximum Gasteiger partial charge on any atom is 0.257 e. The highest BCUT2D eigenvalue weighted by molar-refractivity contribution is 6.04. The summed E-state index contributed by atoms with van der Waals surface area (Å²) in [7, 11) is 0. The number of aromatic nitrogens is 1. The number of benzene rings is 1. The van der Waals surface area contributed by atoms with Gasteiger partial charge in [0, 0.05) is 56.2 Å². The number of hydrogen-bond acceptors (Lipinski definition) is 4. The molecule has 0 aliphatic carbocycles. The lowest BCUT2D eigenvalue weighted by Gasteiger charge is -2.40. The molecule has 7 heteroatoms. The average Bonchev–Trinajstić information content (AvgIpc) is 2.72. The number of rotatable bonds is 6. The van der Waals surface area contributed by atoms with Gasteiger partial charge in [-0.2, -0.15) is 0 Å². The molecule has 1 aromatic heterocycles. The van der Waals surface area contributed by atoms with E-state index in [-0.39, 0.29) is 23.7 Å². The lowest BCUT2D eigenvalue weighted by molar-refractivity contribution is -0.135. The Bertz CT molecular complexity index is 945. The number of piperazine rings is 1. The SMILES string of the molecule is CCCC(=O)N1CCN(Cc2cc(F)cc(NC(=O)c3ccc(C)nc3)c2C)C[C@@H]1C. The van der Waals surface area contributed by atoms with Crippen LogP contribution in [0.25, 0.3) is 0 Å². The first-order valence-corrected chi connectivity index (χ1v) is 10.8. The predicted octanol–water partition coefficient (Wildman–Crippen LogP) is 3.92. The molecular formula is C24H31FN4O2. The van der Waals surface area contributed by atoms with E-state index in [4.69, 9.17) is 0 Å². The number of aryl methyl sites for hydroxylation is 1. The molecule has 2 aromatic rings. The Morgan fingerprint density at radius 3 is 2.65 bits per heavy atom. The van der Waals surface area contributed by atoms with Crippen molar-refractivity contribution in [2.75, 3.05) is 25.0 Å². The standard InChI is InChI=1S/C24H31FN4O2/c1-5-6-23(30)29-10-9-28(14-17(29)3)15-20-11-21(25)12-22(18(20)4)27-24(31)19-8-7-16(2)26-13-19/h7-8,11-13,17H,5-6,9-10,14-15H2,1-4H3,(H,27,31)/t17-/m0/s1. The van der Waals surface area contributed by atoms with Crippen molar-refractivity contribution in [2.45, 2.75) is 53.1 Å². The van der Waals surface area contributed by atoms with Crippen LogP contribution >= 0.6 is 0 Å². The Kier molecular flexibility index (Phi) is 7.38. The van der Waals surface area contributed by atoms with Crippen molar-refractivity contribution < 1.29 is 14.0 Å². The van der Waals surface area contributed by atoms with Crippen LogP contribution in [0.2, 0.25) is 0 Å². The zero-order chi connectivity index (χ0) is 22.5. The first-order chi connectivity index (χ1) is 14.8. The fraction of sp³-hybridized carbons (Fsp3) is 0.458. The number of amides is 2. The second-order valence-electron chi connectivity index (χ2n) is 8.30. The van der Waals surface area contributed by atoms with Gasteiger partial charge in [-0.3, -0.25) is 19.5 Å². The molecule has 6 nitrogen and oxygen atoms in total. The van der Waals surface area contributed by atoms with Gasteiger partial charge in [0.15, 0.2) is 0 Å². The summed E-state index contributed by atoms with van der Waals surface area (Å²) in [6.07, 6.45) is 2.94. The lowest BCUT2D eigenvalue weighted by atomic mass is 10.0. The van der Waals surface area contributed by atoms with Gasteiger partial charge in [0.2, 0.25) is 5.91 Å². The number of nitrogens with one attached hydrogen (secondary N) is 1. The van der Waals surface area contributed by atoms with Crippen LogP contribution in [0.5, 0.6) is 0 Å². The van der Waals surface area contributed by atoms with Crippen LogP contribution in [0.3, 0.4) is 0 Å². The maximum atomic E-state index is 14.4. The van der Waals surface area contributed by atoms with Gasteiger partial charge in [-0.05, 0) is 62.6 Å². The zero-order valence-corrected chi connectivity index (χ0v) is 18.7. The molecule has 1 atom stereocenters. The van der Waals surface area contributed by atoms with E-state index in [1.165, 1.54) is 18.3 Å². The lowest BCUT2D eigenvalue weighted by Crippen LogP contribution is -2.53. The molecule has 0 bridgehead atoms. The molecule has 0 saturated carbocycles. The summed E-state index contributed by atoms with van der Waals surface area (Å²) in [4.78, 5) is 33.2. The minimum absolute atomic E-state index is 0.120. The summed E-state index contributed by atoms with van der Waals surface area (Å²) in [5.41, 5.74) is 3.39. The molecule has 0 unspecified atom stereocenters. The van der Waals surface area contributed by atoms with Crippen LogP contribution in [-0.4, -0.2) is 52.3 Å². The molecule has 3 rings (SSSR count). The highest BCUT2D eigenvalue weighted by Gasteiger charge is 2.27. The minimum atomic E-state index is -0.386. The van der Waals surface area contributed by atoms with E-state index < -0.39 is 0 Å². The van der Waals surface area contributed by atoms with Gasteiger partial charge in [-0.15, -0.1) is 0 Å². The van der Waals surface area contributed by atoms with Crippen molar-refractivity contribution >= 4 is 17.5 Å². The number of hydrogen-bond donors (Lipinski definition) is 1. The predicted molar refractivity (Wildman–Crippen MR) is 119 cm³/mol. The van der Waals surface area contributed by atoms with Crippen molar-refractivity contribution in [1.29, 1.82) is 0 Å². The molecule has 1 aliphatic rings. The Hall–Kier alpha value is -2.80. The summed E-state index contributed by atoms with van der Waals surface area (Å²) in [6.45, 7) is 10.5. The van der Waals surface area contributed by atoms with Crippen molar-refractivity contribution in [3.05, 3.63) is 58.7 Å². The third kappa shape index (κ3) is 5.67. The molecule has 166 valence electrons. The van der Waals surface area contributed by atoms with Crippen LogP contribution in [0.4, 0.5) is 10.1 Å². The molecule has 2 amide bonds. The molecule has 31 heavy (non-hydrogen) atoms. The van der Waals surface area contributed by atoms with E-state index in [1.807, 2.05) is 25.7 Å². The first-order valence-electron chi connectivity index (χ1n) is 10.8. The normalized spacial score (nSPS) is 16.9. The molecule has 0 radical (unpaired) electrons. The number of halogens is 1. The van der Waals surface area contributed by atoms with Crippen LogP contribution in [0, 0.1) is 19.7 Å². The summed E-state index contributed by atoms with van der Waals surface area (Å²) >= 11 is 0. The number of nitrogens with zero attached hydrogens (tertiary/aromatic N) is 3. The van der Waals surface area contributed by atoms with Gasteiger partial charge in [0.05, 0.1) is 5.56 Å². The van der Waals surface area contributed by atoms with Crippen LogP contribution in [-0.2, 0) is 11.3 Å². The number of anilines is 1. The minimum Gasteiger partial charge on any atom is -0.337 e. The topological polar surface area (TPSA) is 65.5 Å². The van der Waals surface area contributed by atoms with Gasteiger partial charge in [0.1, 0.15) is 5.82 Å².